The van der Waals surface area contributed by atoms with Crippen molar-refractivity contribution in [3.63, 3.8) is 0 Å². The molecule has 2 aromatic rings. The van der Waals surface area contributed by atoms with Crippen LogP contribution in [0.1, 0.15) is 0 Å². The summed E-state index contributed by atoms with van der Waals surface area (Å²) < 4.78 is 0.748. The lowest BCUT2D eigenvalue weighted by Gasteiger charge is -2.10. The first-order valence-corrected chi connectivity index (χ1v) is 6.58. The van der Waals surface area contributed by atoms with Gasteiger partial charge >= 0.3 is 0 Å². The van der Waals surface area contributed by atoms with Crippen molar-refractivity contribution in [1.82, 2.24) is 9.97 Å². The maximum absolute atomic E-state index is 6.14. The second-order valence-electron chi connectivity index (χ2n) is 3.36. The van der Waals surface area contributed by atoms with Gasteiger partial charge < -0.3 is 10.6 Å². The van der Waals surface area contributed by atoms with Crippen LogP contribution in [0, 0.1) is 0 Å². The van der Waals surface area contributed by atoms with Gasteiger partial charge in [-0.2, -0.15) is 4.98 Å². The van der Waals surface area contributed by atoms with E-state index in [1.54, 1.807) is 19.3 Å². The fourth-order valence-corrected chi connectivity index (χ4v) is 2.13. The van der Waals surface area contributed by atoms with Gasteiger partial charge in [-0.25, -0.2) is 4.98 Å². The van der Waals surface area contributed by atoms with E-state index < -0.39 is 0 Å². The Morgan fingerprint density at radius 3 is 2.67 bits per heavy atom. The highest BCUT2D eigenvalue weighted by Crippen LogP contribution is 2.36. The number of hydrogen-bond acceptors (Lipinski definition) is 4. The third-order valence-corrected chi connectivity index (χ3v) is 3.95. The van der Waals surface area contributed by atoms with Crippen LogP contribution in [0.5, 0.6) is 0 Å². The van der Waals surface area contributed by atoms with Gasteiger partial charge in [0.15, 0.2) is 0 Å². The van der Waals surface area contributed by atoms with Gasteiger partial charge in [-0.1, -0.05) is 23.2 Å². The lowest BCUT2D eigenvalue weighted by molar-refractivity contribution is 1.15. The number of aromatic nitrogens is 2. The predicted molar refractivity (Wildman–Crippen MR) is 79.0 cm³/mol. The van der Waals surface area contributed by atoms with Crippen LogP contribution in [0.3, 0.4) is 0 Å². The summed E-state index contributed by atoms with van der Waals surface area (Å²) in [6, 6.07) is 5.38. The maximum Gasteiger partial charge on any atom is 0.224 e. The van der Waals surface area contributed by atoms with Crippen LogP contribution in [0.4, 0.5) is 17.5 Å². The van der Waals surface area contributed by atoms with Gasteiger partial charge in [-0.3, -0.25) is 0 Å². The van der Waals surface area contributed by atoms with Crippen molar-refractivity contribution in [2.45, 2.75) is 0 Å². The standard InChI is InChI=1S/C11H9BrCl2N4/c1-15-11-16-5-4-8(18-11)17-7-3-2-6(12)9(13)10(7)14/h2-5H,1H3,(H2,15,16,17,18). The molecule has 0 radical (unpaired) electrons. The van der Waals surface area contributed by atoms with Gasteiger partial charge in [-0.05, 0) is 34.1 Å². The Morgan fingerprint density at radius 2 is 1.94 bits per heavy atom. The van der Waals surface area contributed by atoms with Crippen LogP contribution in [0.25, 0.3) is 0 Å². The summed E-state index contributed by atoms with van der Waals surface area (Å²) in [5.74, 6) is 1.16. The van der Waals surface area contributed by atoms with E-state index in [0.29, 0.717) is 27.5 Å². The van der Waals surface area contributed by atoms with Gasteiger partial charge in [-0.15, -0.1) is 0 Å². The maximum atomic E-state index is 6.14. The molecule has 18 heavy (non-hydrogen) atoms. The quantitative estimate of drug-likeness (QED) is 0.811. The lowest BCUT2D eigenvalue weighted by atomic mass is 10.3. The second-order valence-corrected chi connectivity index (χ2v) is 4.97. The molecule has 4 nitrogen and oxygen atoms in total. The second kappa shape index (κ2) is 5.73. The highest BCUT2D eigenvalue weighted by atomic mass is 79.9. The molecule has 0 fully saturated rings. The van der Waals surface area contributed by atoms with Crippen molar-refractivity contribution < 1.29 is 0 Å². The van der Waals surface area contributed by atoms with Crippen LogP contribution in [0.15, 0.2) is 28.9 Å². The molecular formula is C11H9BrCl2N4. The van der Waals surface area contributed by atoms with E-state index in [2.05, 4.69) is 36.5 Å². The molecule has 0 aliphatic rings. The average molecular weight is 348 g/mol. The minimum absolute atomic E-state index is 0.440. The zero-order valence-electron chi connectivity index (χ0n) is 9.34. The summed E-state index contributed by atoms with van der Waals surface area (Å²) in [6.07, 6.45) is 1.65. The molecule has 0 bridgehead atoms. The fourth-order valence-electron chi connectivity index (χ4n) is 1.31. The van der Waals surface area contributed by atoms with Crippen LogP contribution in [-0.4, -0.2) is 17.0 Å². The Bertz CT molecular complexity index is 577. The molecule has 0 atom stereocenters. The Labute approximate surface area is 123 Å². The molecule has 2 N–H and O–H groups in total. The van der Waals surface area contributed by atoms with Gasteiger partial charge in [0.2, 0.25) is 5.95 Å². The highest BCUT2D eigenvalue weighted by molar-refractivity contribution is 9.10. The largest absolute Gasteiger partial charge is 0.357 e. The summed E-state index contributed by atoms with van der Waals surface area (Å²) >= 11 is 15.5. The van der Waals surface area contributed by atoms with Gasteiger partial charge in [0.25, 0.3) is 0 Å². The molecule has 2 rings (SSSR count). The molecule has 0 aliphatic carbocycles. The number of halogens is 3. The normalized spacial score (nSPS) is 10.2. The Hall–Kier alpha value is -1.04. The van der Waals surface area contributed by atoms with Crippen LogP contribution >= 0.6 is 39.1 Å². The van der Waals surface area contributed by atoms with Crippen molar-refractivity contribution in [3.8, 4) is 0 Å². The molecule has 0 saturated heterocycles. The first-order chi connectivity index (χ1) is 8.61. The van der Waals surface area contributed by atoms with Crippen molar-refractivity contribution in [1.29, 1.82) is 0 Å². The van der Waals surface area contributed by atoms with Crippen molar-refractivity contribution in [3.05, 3.63) is 38.9 Å². The number of benzene rings is 1. The summed E-state index contributed by atoms with van der Waals surface area (Å²) in [6.45, 7) is 0. The Kier molecular flexibility index (Phi) is 4.27. The van der Waals surface area contributed by atoms with E-state index in [1.165, 1.54) is 0 Å². The summed E-state index contributed by atoms with van der Waals surface area (Å²) in [5.41, 5.74) is 0.686. The molecule has 1 aromatic carbocycles. The SMILES string of the molecule is CNc1nccc(Nc2ccc(Br)c(Cl)c2Cl)n1. The minimum atomic E-state index is 0.440. The molecule has 0 amide bonds. The van der Waals surface area contributed by atoms with Crippen LogP contribution in [-0.2, 0) is 0 Å². The monoisotopic (exact) mass is 346 g/mol. The summed E-state index contributed by atoms with van der Waals surface area (Å²) in [7, 11) is 1.75. The fraction of sp³-hybridized carbons (Fsp3) is 0.0909. The number of nitrogens with zero attached hydrogens (tertiary/aromatic N) is 2. The molecule has 0 spiro atoms. The zero-order chi connectivity index (χ0) is 13.1. The van der Waals surface area contributed by atoms with Crippen molar-refractivity contribution >= 4 is 56.6 Å². The number of hydrogen-bond donors (Lipinski definition) is 2. The smallest absolute Gasteiger partial charge is 0.224 e. The van der Waals surface area contributed by atoms with E-state index >= 15 is 0 Å². The summed E-state index contributed by atoms with van der Waals surface area (Å²) in [5, 5.41) is 6.85. The van der Waals surface area contributed by atoms with E-state index in [1.807, 2.05) is 12.1 Å². The van der Waals surface area contributed by atoms with Gasteiger partial charge in [0, 0.05) is 17.7 Å². The molecule has 1 aromatic heterocycles. The number of nitrogens with one attached hydrogen (secondary N) is 2. The minimum Gasteiger partial charge on any atom is -0.357 e. The summed E-state index contributed by atoms with van der Waals surface area (Å²) in [4.78, 5) is 8.26. The average Bonchev–Trinajstić information content (AvgIpc) is 2.40. The Morgan fingerprint density at radius 1 is 1.17 bits per heavy atom. The first kappa shape index (κ1) is 13.4. The first-order valence-electron chi connectivity index (χ1n) is 5.03. The Balaban J connectivity index is 2.31. The molecule has 0 saturated carbocycles. The third kappa shape index (κ3) is 2.85. The van der Waals surface area contributed by atoms with E-state index in [0.717, 1.165) is 4.47 Å². The molecule has 1 heterocycles. The van der Waals surface area contributed by atoms with E-state index in [4.69, 9.17) is 23.2 Å². The molecule has 94 valence electrons. The van der Waals surface area contributed by atoms with Crippen LogP contribution < -0.4 is 10.6 Å². The van der Waals surface area contributed by atoms with E-state index in [-0.39, 0.29) is 0 Å². The number of anilines is 3. The zero-order valence-corrected chi connectivity index (χ0v) is 12.4. The van der Waals surface area contributed by atoms with Gasteiger partial charge in [0.05, 0.1) is 15.7 Å². The number of rotatable bonds is 3. The highest BCUT2D eigenvalue weighted by Gasteiger charge is 2.09. The molecule has 7 heteroatoms. The van der Waals surface area contributed by atoms with Gasteiger partial charge in [0.1, 0.15) is 5.82 Å². The van der Waals surface area contributed by atoms with Crippen molar-refractivity contribution in [2.75, 3.05) is 17.7 Å². The van der Waals surface area contributed by atoms with E-state index in [9.17, 15) is 0 Å². The molecule has 0 aliphatic heterocycles. The van der Waals surface area contributed by atoms with Crippen molar-refractivity contribution in [2.24, 2.45) is 0 Å². The lowest BCUT2D eigenvalue weighted by Crippen LogP contribution is -2.00. The molecule has 0 unspecified atom stereocenters. The molecular weight excluding hydrogens is 339 g/mol. The topological polar surface area (TPSA) is 49.8 Å². The third-order valence-electron chi connectivity index (χ3n) is 2.18. The predicted octanol–water partition coefficient (Wildman–Crippen LogP) is 4.33. The van der Waals surface area contributed by atoms with Crippen LogP contribution in [0.2, 0.25) is 10.0 Å².